The number of rotatable bonds is 13. The first-order chi connectivity index (χ1) is 22.5. The minimum absolute atomic E-state index is 0.123. The number of pyridine rings is 1. The molecule has 240 valence electrons. The molecule has 11 heteroatoms. The molecule has 0 radical (unpaired) electrons. The van der Waals surface area contributed by atoms with Crippen molar-refractivity contribution in [2.75, 3.05) is 51.4 Å². The van der Waals surface area contributed by atoms with Crippen molar-refractivity contribution < 1.29 is 19.0 Å². The fourth-order valence-corrected chi connectivity index (χ4v) is 5.76. The second kappa shape index (κ2) is 15.5. The Morgan fingerprint density at radius 2 is 1.63 bits per heavy atom. The molecule has 1 aromatic heterocycles. The molecule has 46 heavy (non-hydrogen) atoms. The third kappa shape index (κ3) is 8.82. The molecular weight excluding hydrogens is 625 g/mol. The van der Waals surface area contributed by atoms with Gasteiger partial charge in [-0.1, -0.05) is 47.5 Å². The van der Waals surface area contributed by atoms with Gasteiger partial charge in [0.05, 0.1) is 28.5 Å². The Labute approximate surface area is 279 Å². The van der Waals surface area contributed by atoms with Crippen LogP contribution in [-0.4, -0.2) is 66.8 Å². The van der Waals surface area contributed by atoms with Crippen LogP contribution in [-0.2, 0) is 24.3 Å². The van der Waals surface area contributed by atoms with Crippen LogP contribution in [0.2, 0.25) is 10.0 Å². The number of fused-ring (bicyclic) bond motifs is 1. The molecule has 0 atom stereocenters. The number of anilines is 1. The number of nitrogens with one attached hydrogen (secondary N) is 2. The standard InChI is InChI=1S/C35H37Cl2N5O4/c36-30-10-5-25(18-31(30)37)2-1-13-39-28-7-12-34(40-21-28)46-29-8-3-26(4-9-29)20-38-22-35(43)42-16-14-41(15-17-42)23-27-6-11-32-33(19-27)45-24-44-32/h3-12,18-19,21,38-39H,1-2,13-17,20,22-24H2. The van der Waals surface area contributed by atoms with Crippen molar-refractivity contribution in [2.24, 2.45) is 0 Å². The number of piperazine rings is 1. The maximum absolute atomic E-state index is 12.8. The van der Waals surface area contributed by atoms with Crippen molar-refractivity contribution in [1.29, 1.82) is 0 Å². The number of hydrogen-bond donors (Lipinski definition) is 2. The van der Waals surface area contributed by atoms with E-state index in [1.54, 1.807) is 6.20 Å². The highest BCUT2D eigenvalue weighted by atomic mass is 35.5. The quantitative estimate of drug-likeness (QED) is 0.160. The topological polar surface area (TPSA) is 88.2 Å². The summed E-state index contributed by atoms with van der Waals surface area (Å²) in [5.41, 5.74) is 4.35. The number of nitrogens with zero attached hydrogens (tertiary/aromatic N) is 3. The SMILES string of the molecule is O=C(CNCc1ccc(Oc2ccc(NCCCc3ccc(Cl)c(Cl)c3)cn2)cc1)N1CCN(Cc2ccc3c(c2)OCO3)CC1. The fourth-order valence-electron chi connectivity index (χ4n) is 5.44. The first-order valence-electron chi connectivity index (χ1n) is 15.5. The lowest BCUT2D eigenvalue weighted by atomic mass is 10.1. The van der Waals surface area contributed by atoms with Gasteiger partial charge in [-0.2, -0.15) is 0 Å². The van der Waals surface area contributed by atoms with Crippen LogP contribution in [0.5, 0.6) is 23.1 Å². The predicted molar refractivity (Wildman–Crippen MR) is 180 cm³/mol. The monoisotopic (exact) mass is 661 g/mol. The summed E-state index contributed by atoms with van der Waals surface area (Å²) in [6.45, 7) is 5.96. The van der Waals surface area contributed by atoms with Crippen molar-refractivity contribution in [2.45, 2.75) is 25.9 Å². The second-order valence-corrected chi connectivity index (χ2v) is 12.2. The van der Waals surface area contributed by atoms with E-state index in [0.717, 1.165) is 80.4 Å². The van der Waals surface area contributed by atoms with Gasteiger partial charge in [0.15, 0.2) is 11.5 Å². The molecule has 0 spiro atoms. The summed E-state index contributed by atoms with van der Waals surface area (Å²) in [6.07, 6.45) is 3.62. The van der Waals surface area contributed by atoms with Gasteiger partial charge >= 0.3 is 0 Å². The summed E-state index contributed by atoms with van der Waals surface area (Å²) in [5, 5.41) is 7.83. The van der Waals surface area contributed by atoms with E-state index in [2.05, 4.69) is 26.6 Å². The number of ether oxygens (including phenoxy) is 3. The number of halogens is 2. The van der Waals surface area contributed by atoms with Gasteiger partial charge in [-0.25, -0.2) is 4.98 Å². The van der Waals surface area contributed by atoms with Gasteiger partial charge in [-0.15, -0.1) is 0 Å². The van der Waals surface area contributed by atoms with E-state index in [4.69, 9.17) is 37.4 Å². The van der Waals surface area contributed by atoms with E-state index in [1.165, 1.54) is 5.56 Å². The zero-order chi connectivity index (χ0) is 31.7. The summed E-state index contributed by atoms with van der Waals surface area (Å²) >= 11 is 12.1. The molecule has 0 unspecified atom stereocenters. The minimum Gasteiger partial charge on any atom is -0.454 e. The van der Waals surface area contributed by atoms with Crippen molar-refractivity contribution in [3.63, 3.8) is 0 Å². The third-order valence-electron chi connectivity index (χ3n) is 8.01. The molecular formula is C35H37Cl2N5O4. The van der Waals surface area contributed by atoms with E-state index < -0.39 is 0 Å². The highest BCUT2D eigenvalue weighted by molar-refractivity contribution is 6.42. The summed E-state index contributed by atoms with van der Waals surface area (Å²) < 4.78 is 16.8. The average Bonchev–Trinajstić information content (AvgIpc) is 3.55. The van der Waals surface area contributed by atoms with Crippen molar-refractivity contribution >= 4 is 34.8 Å². The average molecular weight is 663 g/mol. The van der Waals surface area contributed by atoms with Gasteiger partial charge in [0.25, 0.3) is 0 Å². The number of aryl methyl sites for hydroxylation is 1. The molecule has 1 amide bonds. The zero-order valence-electron chi connectivity index (χ0n) is 25.5. The largest absolute Gasteiger partial charge is 0.454 e. The molecule has 2 aliphatic rings. The van der Waals surface area contributed by atoms with Crippen LogP contribution in [0.15, 0.2) is 79.0 Å². The summed E-state index contributed by atoms with van der Waals surface area (Å²) in [7, 11) is 0. The number of carbonyl (C=O) groups excluding carboxylic acids is 1. The smallest absolute Gasteiger partial charge is 0.236 e. The fraction of sp³-hybridized carbons (Fsp3) is 0.314. The van der Waals surface area contributed by atoms with Gasteiger partial charge in [0.1, 0.15) is 5.75 Å². The van der Waals surface area contributed by atoms with E-state index in [-0.39, 0.29) is 12.7 Å². The number of carbonyl (C=O) groups is 1. The van der Waals surface area contributed by atoms with Gasteiger partial charge in [0, 0.05) is 51.9 Å². The molecule has 3 aromatic carbocycles. The number of hydrogen-bond acceptors (Lipinski definition) is 8. The van der Waals surface area contributed by atoms with Crippen LogP contribution in [0.4, 0.5) is 5.69 Å². The molecule has 3 heterocycles. The highest BCUT2D eigenvalue weighted by Gasteiger charge is 2.22. The maximum Gasteiger partial charge on any atom is 0.236 e. The number of aromatic nitrogens is 1. The lowest BCUT2D eigenvalue weighted by Gasteiger charge is -2.34. The molecule has 6 rings (SSSR count). The number of benzene rings is 3. The summed E-state index contributed by atoms with van der Waals surface area (Å²) in [5.74, 6) is 2.95. The van der Waals surface area contributed by atoms with E-state index >= 15 is 0 Å². The van der Waals surface area contributed by atoms with Gasteiger partial charge in [-0.05, 0) is 72.0 Å². The third-order valence-corrected chi connectivity index (χ3v) is 8.75. The highest BCUT2D eigenvalue weighted by Crippen LogP contribution is 2.33. The van der Waals surface area contributed by atoms with Crippen LogP contribution in [0.25, 0.3) is 0 Å². The maximum atomic E-state index is 12.8. The first kappa shape index (κ1) is 31.9. The molecule has 0 saturated carbocycles. The van der Waals surface area contributed by atoms with E-state index in [0.29, 0.717) is 34.8 Å². The van der Waals surface area contributed by atoms with Crippen molar-refractivity contribution in [3.8, 4) is 23.1 Å². The lowest BCUT2D eigenvalue weighted by Crippen LogP contribution is -2.50. The molecule has 2 N–H and O–H groups in total. The van der Waals surface area contributed by atoms with Crippen LogP contribution in [0.3, 0.4) is 0 Å². The number of amides is 1. The molecule has 0 aliphatic carbocycles. The minimum atomic E-state index is 0.123. The van der Waals surface area contributed by atoms with E-state index in [9.17, 15) is 4.79 Å². The molecule has 4 aromatic rings. The zero-order valence-corrected chi connectivity index (χ0v) is 27.0. The molecule has 1 saturated heterocycles. The van der Waals surface area contributed by atoms with Gasteiger partial charge in [-0.3, -0.25) is 9.69 Å². The Bertz CT molecular complexity index is 1610. The van der Waals surface area contributed by atoms with Crippen molar-refractivity contribution in [1.82, 2.24) is 20.1 Å². The van der Waals surface area contributed by atoms with E-state index in [1.807, 2.05) is 71.6 Å². The Morgan fingerprint density at radius 1 is 0.848 bits per heavy atom. The molecule has 1 fully saturated rings. The lowest BCUT2D eigenvalue weighted by molar-refractivity contribution is -0.132. The predicted octanol–water partition coefficient (Wildman–Crippen LogP) is 6.39. The van der Waals surface area contributed by atoms with Gasteiger partial charge < -0.3 is 29.7 Å². The van der Waals surface area contributed by atoms with Crippen LogP contribution >= 0.6 is 23.2 Å². The summed E-state index contributed by atoms with van der Waals surface area (Å²) in [6, 6.07) is 23.4. The summed E-state index contributed by atoms with van der Waals surface area (Å²) in [4.78, 5) is 21.5. The van der Waals surface area contributed by atoms with Crippen LogP contribution < -0.4 is 24.8 Å². The first-order valence-corrected chi connectivity index (χ1v) is 16.2. The van der Waals surface area contributed by atoms with Crippen molar-refractivity contribution in [3.05, 3.63) is 106 Å². The Morgan fingerprint density at radius 3 is 2.41 bits per heavy atom. The van der Waals surface area contributed by atoms with Crippen LogP contribution in [0.1, 0.15) is 23.1 Å². The Hall–Kier alpha value is -4.02. The normalized spacial score (nSPS) is 14.3. The van der Waals surface area contributed by atoms with Crippen LogP contribution in [0, 0.1) is 0 Å². The Balaban J connectivity index is 0.860. The molecule has 2 aliphatic heterocycles. The van der Waals surface area contributed by atoms with Gasteiger partial charge in [0.2, 0.25) is 18.6 Å². The molecule has 0 bridgehead atoms. The Kier molecular flexibility index (Phi) is 10.8. The molecule has 9 nitrogen and oxygen atoms in total. The second-order valence-electron chi connectivity index (χ2n) is 11.4.